The second-order valence-electron chi connectivity index (χ2n) is 4.12. The first-order chi connectivity index (χ1) is 8.27. The Bertz CT molecular complexity index is 405. The van der Waals surface area contributed by atoms with Crippen LogP contribution in [0, 0.1) is 0 Å². The summed E-state index contributed by atoms with van der Waals surface area (Å²) < 4.78 is 5.29. The van der Waals surface area contributed by atoms with E-state index in [0.29, 0.717) is 0 Å². The number of ether oxygens (including phenoxy) is 1. The minimum atomic E-state index is 0.0644. The molecular formula is C14H17NO2. The van der Waals surface area contributed by atoms with E-state index in [1.807, 2.05) is 37.3 Å². The van der Waals surface area contributed by atoms with Gasteiger partial charge in [-0.3, -0.25) is 4.79 Å². The molecule has 90 valence electrons. The summed E-state index contributed by atoms with van der Waals surface area (Å²) in [6, 6.07) is 9.35. The number of hydrogen-bond acceptors (Lipinski definition) is 3. The lowest BCUT2D eigenvalue weighted by atomic mass is 10.1. The topological polar surface area (TPSA) is 29.5 Å². The number of rotatable bonds is 3. The van der Waals surface area contributed by atoms with Crippen LogP contribution in [-0.2, 0) is 4.74 Å². The zero-order valence-electron chi connectivity index (χ0n) is 10.1. The van der Waals surface area contributed by atoms with Gasteiger partial charge >= 0.3 is 0 Å². The van der Waals surface area contributed by atoms with E-state index in [2.05, 4.69) is 4.90 Å². The van der Waals surface area contributed by atoms with Crippen molar-refractivity contribution in [3.05, 3.63) is 47.7 Å². The fourth-order valence-corrected chi connectivity index (χ4v) is 1.88. The van der Waals surface area contributed by atoms with Crippen LogP contribution >= 0.6 is 0 Å². The van der Waals surface area contributed by atoms with Crippen LogP contribution in [0.5, 0.6) is 0 Å². The second kappa shape index (κ2) is 5.64. The Labute approximate surface area is 102 Å². The summed E-state index contributed by atoms with van der Waals surface area (Å²) in [6.45, 7) is 5.19. The lowest BCUT2D eigenvalue weighted by molar-refractivity contribution is 0.0534. The van der Waals surface area contributed by atoms with Crippen molar-refractivity contribution < 1.29 is 9.53 Å². The van der Waals surface area contributed by atoms with Crippen LogP contribution in [0.1, 0.15) is 17.3 Å². The van der Waals surface area contributed by atoms with Gasteiger partial charge in [0.15, 0.2) is 5.78 Å². The Morgan fingerprint density at radius 1 is 1.24 bits per heavy atom. The highest BCUT2D eigenvalue weighted by Gasteiger charge is 2.11. The van der Waals surface area contributed by atoms with Crippen molar-refractivity contribution >= 4 is 5.78 Å². The minimum Gasteiger partial charge on any atom is -0.378 e. The number of ketones is 1. The highest BCUT2D eigenvalue weighted by atomic mass is 16.5. The highest BCUT2D eigenvalue weighted by molar-refractivity contribution is 6.04. The molecule has 1 fully saturated rings. The fourth-order valence-electron chi connectivity index (χ4n) is 1.88. The Hall–Kier alpha value is -1.61. The van der Waals surface area contributed by atoms with Gasteiger partial charge in [-0.15, -0.1) is 0 Å². The smallest absolute Gasteiger partial charge is 0.187 e. The number of morpholine rings is 1. The minimum absolute atomic E-state index is 0.0644. The van der Waals surface area contributed by atoms with Gasteiger partial charge in [0, 0.05) is 30.4 Å². The summed E-state index contributed by atoms with van der Waals surface area (Å²) in [6.07, 6.45) is 1.71. The van der Waals surface area contributed by atoms with Crippen LogP contribution < -0.4 is 0 Å². The maximum atomic E-state index is 12.0. The molecule has 0 amide bonds. The van der Waals surface area contributed by atoms with Crippen molar-refractivity contribution in [1.29, 1.82) is 0 Å². The van der Waals surface area contributed by atoms with Crippen molar-refractivity contribution in [3.8, 4) is 0 Å². The van der Waals surface area contributed by atoms with Gasteiger partial charge in [0.1, 0.15) is 0 Å². The quantitative estimate of drug-likeness (QED) is 0.589. The Morgan fingerprint density at radius 3 is 2.53 bits per heavy atom. The van der Waals surface area contributed by atoms with Gasteiger partial charge in [0.05, 0.1) is 13.2 Å². The number of allylic oxidation sites excluding steroid dienone is 2. The molecule has 1 aliphatic heterocycles. The molecule has 0 saturated carbocycles. The summed E-state index contributed by atoms with van der Waals surface area (Å²) in [5.74, 6) is 0.0644. The number of carbonyl (C=O) groups excluding carboxylic acids is 1. The number of carbonyl (C=O) groups is 1. The molecule has 0 atom stereocenters. The average Bonchev–Trinajstić information content (AvgIpc) is 2.40. The molecule has 2 rings (SSSR count). The van der Waals surface area contributed by atoms with Gasteiger partial charge in [-0.25, -0.2) is 0 Å². The van der Waals surface area contributed by atoms with Crippen LogP contribution in [-0.4, -0.2) is 37.0 Å². The summed E-state index contributed by atoms with van der Waals surface area (Å²) in [4.78, 5) is 14.1. The van der Waals surface area contributed by atoms with Gasteiger partial charge in [0.25, 0.3) is 0 Å². The van der Waals surface area contributed by atoms with Crippen LogP contribution in [0.2, 0.25) is 0 Å². The van der Waals surface area contributed by atoms with Crippen molar-refractivity contribution in [2.45, 2.75) is 6.92 Å². The Balaban J connectivity index is 2.05. The third-order valence-electron chi connectivity index (χ3n) is 2.91. The SMILES string of the molecule is C/C(=C\C(=O)c1ccccc1)N1CCOCC1. The summed E-state index contributed by atoms with van der Waals surface area (Å²) in [5, 5.41) is 0. The highest BCUT2D eigenvalue weighted by Crippen LogP contribution is 2.09. The monoisotopic (exact) mass is 231 g/mol. The molecule has 0 spiro atoms. The Morgan fingerprint density at radius 2 is 1.88 bits per heavy atom. The molecule has 0 radical (unpaired) electrons. The van der Waals surface area contributed by atoms with E-state index >= 15 is 0 Å². The zero-order chi connectivity index (χ0) is 12.1. The van der Waals surface area contributed by atoms with Crippen LogP contribution in [0.3, 0.4) is 0 Å². The van der Waals surface area contributed by atoms with Gasteiger partial charge in [-0.05, 0) is 6.92 Å². The number of hydrogen-bond donors (Lipinski definition) is 0. The van der Waals surface area contributed by atoms with E-state index in [9.17, 15) is 4.79 Å². The van der Waals surface area contributed by atoms with Crippen LogP contribution in [0.15, 0.2) is 42.1 Å². The molecule has 1 aliphatic rings. The second-order valence-corrected chi connectivity index (χ2v) is 4.12. The molecule has 0 N–H and O–H groups in total. The lowest BCUT2D eigenvalue weighted by Crippen LogP contribution is -2.35. The molecule has 1 aromatic rings. The fraction of sp³-hybridized carbons (Fsp3) is 0.357. The first-order valence-corrected chi connectivity index (χ1v) is 5.88. The lowest BCUT2D eigenvalue weighted by Gasteiger charge is -2.29. The maximum Gasteiger partial charge on any atom is 0.187 e. The maximum absolute atomic E-state index is 12.0. The third-order valence-corrected chi connectivity index (χ3v) is 2.91. The molecular weight excluding hydrogens is 214 g/mol. The molecule has 0 aliphatic carbocycles. The van der Waals surface area contributed by atoms with E-state index in [0.717, 1.165) is 37.6 Å². The molecule has 0 aromatic heterocycles. The molecule has 0 bridgehead atoms. The van der Waals surface area contributed by atoms with Gasteiger partial charge < -0.3 is 9.64 Å². The van der Waals surface area contributed by atoms with E-state index in [1.54, 1.807) is 6.08 Å². The van der Waals surface area contributed by atoms with Crippen LogP contribution in [0.4, 0.5) is 0 Å². The van der Waals surface area contributed by atoms with E-state index in [1.165, 1.54) is 0 Å². The van der Waals surface area contributed by atoms with Crippen LogP contribution in [0.25, 0.3) is 0 Å². The summed E-state index contributed by atoms with van der Waals surface area (Å²) >= 11 is 0. The Kier molecular flexibility index (Phi) is 3.94. The third kappa shape index (κ3) is 3.17. The predicted molar refractivity (Wildman–Crippen MR) is 66.9 cm³/mol. The first kappa shape index (κ1) is 11.9. The zero-order valence-corrected chi connectivity index (χ0v) is 10.1. The summed E-state index contributed by atoms with van der Waals surface area (Å²) in [7, 11) is 0. The molecule has 3 nitrogen and oxygen atoms in total. The number of nitrogens with zero attached hydrogens (tertiary/aromatic N) is 1. The van der Waals surface area contributed by atoms with Crippen molar-refractivity contribution in [2.75, 3.05) is 26.3 Å². The van der Waals surface area contributed by atoms with E-state index < -0.39 is 0 Å². The van der Waals surface area contributed by atoms with Gasteiger partial charge in [-0.1, -0.05) is 30.3 Å². The number of benzene rings is 1. The molecule has 17 heavy (non-hydrogen) atoms. The molecule has 1 saturated heterocycles. The molecule has 0 unspecified atom stereocenters. The van der Waals surface area contributed by atoms with E-state index in [-0.39, 0.29) is 5.78 Å². The molecule has 1 heterocycles. The molecule has 1 aromatic carbocycles. The van der Waals surface area contributed by atoms with Gasteiger partial charge in [-0.2, -0.15) is 0 Å². The first-order valence-electron chi connectivity index (χ1n) is 5.88. The van der Waals surface area contributed by atoms with Crippen molar-refractivity contribution in [2.24, 2.45) is 0 Å². The predicted octanol–water partition coefficient (Wildman–Crippen LogP) is 2.11. The van der Waals surface area contributed by atoms with Gasteiger partial charge in [0.2, 0.25) is 0 Å². The normalized spacial score (nSPS) is 17.0. The standard InChI is InChI=1S/C14H17NO2/c1-12(15-7-9-17-10-8-15)11-14(16)13-5-3-2-4-6-13/h2-6,11H,7-10H2,1H3/b12-11+. The average molecular weight is 231 g/mol. The summed E-state index contributed by atoms with van der Waals surface area (Å²) in [5.41, 5.74) is 1.75. The largest absolute Gasteiger partial charge is 0.378 e. The van der Waals surface area contributed by atoms with Crippen molar-refractivity contribution in [1.82, 2.24) is 4.90 Å². The molecule has 3 heteroatoms. The van der Waals surface area contributed by atoms with Crippen molar-refractivity contribution in [3.63, 3.8) is 0 Å². The van der Waals surface area contributed by atoms with E-state index in [4.69, 9.17) is 4.74 Å².